The Labute approximate surface area is 248 Å². The molecule has 0 atom stereocenters. The van der Waals surface area contributed by atoms with Crippen molar-refractivity contribution in [2.75, 3.05) is 32.2 Å². The van der Waals surface area contributed by atoms with Crippen molar-refractivity contribution in [3.63, 3.8) is 0 Å². The number of anilines is 1. The van der Waals surface area contributed by atoms with Crippen molar-refractivity contribution in [3.05, 3.63) is 81.7 Å². The van der Waals surface area contributed by atoms with Gasteiger partial charge in [-0.15, -0.1) is 11.3 Å². The Hall–Kier alpha value is -3.62. The molecule has 222 valence electrons. The van der Waals surface area contributed by atoms with Crippen molar-refractivity contribution in [1.82, 2.24) is 19.8 Å². The number of hydrogen-bond acceptors (Lipinski definition) is 8. The van der Waals surface area contributed by atoms with Crippen molar-refractivity contribution >= 4 is 44.2 Å². The number of sulfonamides is 1. The molecular weight excluding hydrogens is 578 g/mol. The highest BCUT2D eigenvalue weighted by molar-refractivity contribution is 7.89. The van der Waals surface area contributed by atoms with E-state index in [1.165, 1.54) is 52.5 Å². The van der Waals surface area contributed by atoms with Crippen LogP contribution in [0, 0.1) is 0 Å². The number of carbonyl (C=O) groups excluding carboxylic acids is 3. The summed E-state index contributed by atoms with van der Waals surface area (Å²) in [6, 6.07) is 15.1. The minimum Gasteiger partial charge on any atom is -0.363 e. The summed E-state index contributed by atoms with van der Waals surface area (Å²) >= 11 is 1.30. The molecule has 5 rings (SSSR count). The number of thiophene rings is 1. The summed E-state index contributed by atoms with van der Waals surface area (Å²) in [6.45, 7) is 5.88. The van der Waals surface area contributed by atoms with Crippen LogP contribution in [0.5, 0.6) is 0 Å². The van der Waals surface area contributed by atoms with Crippen LogP contribution in [0.2, 0.25) is 0 Å². The zero-order valence-corrected chi connectivity index (χ0v) is 25.2. The van der Waals surface area contributed by atoms with Gasteiger partial charge in [0.25, 0.3) is 11.8 Å². The third-order valence-corrected chi connectivity index (χ3v) is 10.5. The second-order valence-electron chi connectivity index (χ2n) is 10.8. The standard InChI is InChI=1S/C29H33N5O6S2/c1-29(2)17-40-18-34(29)42(38,39)21-11-9-20(10-12-21)25(35)31-27-24(26(36)32-28(37)30-3)22-13-14-33(16-23(22)41-27)15-19-7-5-4-6-8-19/h4-12H,13-18H2,1-3H3,(H,31,35)(H2,30,32,36,37). The first-order valence-corrected chi connectivity index (χ1v) is 15.7. The molecule has 4 amide bonds. The molecule has 13 heteroatoms. The third-order valence-electron chi connectivity index (χ3n) is 7.34. The highest BCUT2D eigenvalue weighted by atomic mass is 32.2. The minimum absolute atomic E-state index is 0.0374. The lowest BCUT2D eigenvalue weighted by molar-refractivity contribution is 0.0964. The van der Waals surface area contributed by atoms with Gasteiger partial charge in [0.05, 0.1) is 22.6 Å². The molecule has 1 saturated heterocycles. The zero-order valence-electron chi connectivity index (χ0n) is 23.6. The van der Waals surface area contributed by atoms with E-state index in [2.05, 4.69) is 33.0 Å². The van der Waals surface area contributed by atoms with Crippen LogP contribution in [-0.2, 0) is 34.3 Å². The summed E-state index contributed by atoms with van der Waals surface area (Å²) in [5.41, 5.74) is 1.78. The Morgan fingerprint density at radius 2 is 1.74 bits per heavy atom. The van der Waals surface area contributed by atoms with Crippen molar-refractivity contribution < 1.29 is 27.5 Å². The van der Waals surface area contributed by atoms with Gasteiger partial charge in [0, 0.05) is 37.1 Å². The third kappa shape index (κ3) is 6.10. The van der Waals surface area contributed by atoms with Gasteiger partial charge in [-0.3, -0.25) is 19.8 Å². The number of hydrogen-bond donors (Lipinski definition) is 3. The molecule has 42 heavy (non-hydrogen) atoms. The van der Waals surface area contributed by atoms with Crippen LogP contribution in [0.1, 0.15) is 50.6 Å². The molecule has 3 aromatic rings. The van der Waals surface area contributed by atoms with Crippen molar-refractivity contribution in [1.29, 1.82) is 0 Å². The number of imide groups is 1. The van der Waals surface area contributed by atoms with Gasteiger partial charge < -0.3 is 15.4 Å². The number of ether oxygens (including phenoxy) is 1. The van der Waals surface area contributed by atoms with Gasteiger partial charge in [-0.2, -0.15) is 4.31 Å². The highest BCUT2D eigenvalue weighted by Gasteiger charge is 2.42. The fraction of sp³-hybridized carbons (Fsp3) is 0.345. The molecule has 0 unspecified atom stereocenters. The number of fused-ring (bicyclic) bond motifs is 1. The van der Waals surface area contributed by atoms with Gasteiger partial charge in [-0.05, 0) is 55.7 Å². The molecule has 0 radical (unpaired) electrons. The predicted molar refractivity (Wildman–Crippen MR) is 159 cm³/mol. The van der Waals surface area contributed by atoms with E-state index < -0.39 is 33.4 Å². The van der Waals surface area contributed by atoms with E-state index >= 15 is 0 Å². The summed E-state index contributed by atoms with van der Waals surface area (Å²) in [6.07, 6.45) is 0.578. The van der Waals surface area contributed by atoms with Gasteiger partial charge in [-0.1, -0.05) is 30.3 Å². The molecule has 1 fully saturated rings. The van der Waals surface area contributed by atoms with Crippen molar-refractivity contribution in [2.24, 2.45) is 0 Å². The van der Waals surface area contributed by atoms with Crippen LogP contribution in [0.3, 0.4) is 0 Å². The van der Waals surface area contributed by atoms with E-state index in [1.54, 1.807) is 13.8 Å². The number of carbonyl (C=O) groups is 3. The summed E-state index contributed by atoms with van der Waals surface area (Å²) in [7, 11) is -2.41. The van der Waals surface area contributed by atoms with Gasteiger partial charge >= 0.3 is 6.03 Å². The first-order chi connectivity index (χ1) is 20.0. The summed E-state index contributed by atoms with van der Waals surface area (Å²) in [4.78, 5) is 41.7. The molecule has 3 N–H and O–H groups in total. The molecule has 2 aliphatic rings. The Balaban J connectivity index is 1.38. The molecule has 0 spiro atoms. The molecule has 0 aliphatic carbocycles. The Kier molecular flexibility index (Phi) is 8.49. The molecule has 2 aromatic carbocycles. The molecule has 2 aliphatic heterocycles. The number of urea groups is 1. The Morgan fingerprint density at radius 3 is 2.38 bits per heavy atom. The number of amides is 4. The molecule has 3 heterocycles. The Bertz CT molecular complexity index is 1600. The summed E-state index contributed by atoms with van der Waals surface area (Å²) in [5.74, 6) is -1.10. The maximum absolute atomic E-state index is 13.3. The van der Waals surface area contributed by atoms with E-state index in [1.807, 2.05) is 18.2 Å². The first kappa shape index (κ1) is 29.9. The average molecular weight is 612 g/mol. The lowest BCUT2D eigenvalue weighted by atomic mass is 10.0. The molecule has 1 aromatic heterocycles. The largest absolute Gasteiger partial charge is 0.363 e. The summed E-state index contributed by atoms with van der Waals surface area (Å²) in [5, 5.41) is 7.86. The number of rotatable bonds is 7. The smallest absolute Gasteiger partial charge is 0.321 e. The lowest BCUT2D eigenvalue weighted by Crippen LogP contribution is -2.44. The number of nitrogens with zero attached hydrogens (tertiary/aromatic N) is 2. The number of benzene rings is 2. The molecule has 0 bridgehead atoms. The fourth-order valence-corrected chi connectivity index (χ4v) is 8.02. The van der Waals surface area contributed by atoms with Gasteiger partial charge in [0.15, 0.2) is 0 Å². The van der Waals surface area contributed by atoms with Gasteiger partial charge in [0.2, 0.25) is 10.0 Å². The van der Waals surface area contributed by atoms with E-state index in [0.717, 1.165) is 17.0 Å². The van der Waals surface area contributed by atoms with Crippen LogP contribution in [0.25, 0.3) is 0 Å². The monoisotopic (exact) mass is 611 g/mol. The van der Waals surface area contributed by atoms with Crippen molar-refractivity contribution in [3.8, 4) is 0 Å². The second-order valence-corrected chi connectivity index (χ2v) is 13.8. The maximum Gasteiger partial charge on any atom is 0.321 e. The molecule has 11 nitrogen and oxygen atoms in total. The quantitative estimate of drug-likeness (QED) is 0.373. The van der Waals surface area contributed by atoms with E-state index in [-0.39, 0.29) is 29.4 Å². The Morgan fingerprint density at radius 1 is 1.02 bits per heavy atom. The fourth-order valence-electron chi connectivity index (χ4n) is 5.09. The van der Waals surface area contributed by atoms with Crippen LogP contribution in [0.4, 0.5) is 9.80 Å². The van der Waals surface area contributed by atoms with Gasteiger partial charge in [0.1, 0.15) is 11.7 Å². The van der Waals surface area contributed by atoms with E-state index in [0.29, 0.717) is 24.5 Å². The van der Waals surface area contributed by atoms with Crippen molar-refractivity contribution in [2.45, 2.75) is 43.8 Å². The second kappa shape index (κ2) is 11.9. The number of nitrogens with one attached hydrogen (secondary N) is 3. The predicted octanol–water partition coefficient (Wildman–Crippen LogP) is 3.38. The molecular formula is C29H33N5O6S2. The summed E-state index contributed by atoms with van der Waals surface area (Å²) < 4.78 is 33.0. The van der Waals surface area contributed by atoms with Gasteiger partial charge in [-0.25, -0.2) is 13.2 Å². The SMILES string of the molecule is CNC(=O)NC(=O)c1c(NC(=O)c2ccc(S(=O)(=O)N3COCC3(C)C)cc2)sc2c1CCN(Cc1ccccc1)C2. The van der Waals surface area contributed by atoms with Crippen LogP contribution < -0.4 is 16.0 Å². The van der Waals surface area contributed by atoms with Crippen LogP contribution >= 0.6 is 11.3 Å². The zero-order chi connectivity index (χ0) is 30.1. The average Bonchev–Trinajstić information content (AvgIpc) is 3.52. The minimum atomic E-state index is -3.83. The normalized spacial score (nSPS) is 16.9. The topological polar surface area (TPSA) is 137 Å². The van der Waals surface area contributed by atoms with E-state index in [9.17, 15) is 22.8 Å². The first-order valence-electron chi connectivity index (χ1n) is 13.5. The highest BCUT2D eigenvalue weighted by Crippen LogP contribution is 2.38. The maximum atomic E-state index is 13.3. The lowest BCUT2D eigenvalue weighted by Gasteiger charge is -2.28. The van der Waals surface area contributed by atoms with Crippen LogP contribution in [-0.4, -0.2) is 67.9 Å². The molecule has 0 saturated carbocycles. The van der Waals surface area contributed by atoms with Crippen LogP contribution in [0.15, 0.2) is 59.5 Å². The van der Waals surface area contributed by atoms with E-state index in [4.69, 9.17) is 4.74 Å².